The van der Waals surface area contributed by atoms with Crippen molar-refractivity contribution in [1.82, 2.24) is 15.1 Å². The molecule has 5 atom stereocenters. The molecule has 0 spiro atoms. The third-order valence-electron chi connectivity index (χ3n) is 4.86. The first kappa shape index (κ1) is 23.5. The fourth-order valence-electron chi connectivity index (χ4n) is 3.39. The van der Waals surface area contributed by atoms with Crippen molar-refractivity contribution in [2.75, 3.05) is 20.6 Å². The number of hydrogen-bond donors (Lipinski definition) is 4. The Morgan fingerprint density at radius 1 is 1.41 bits per heavy atom. The minimum absolute atomic E-state index is 0.0391. The van der Waals surface area contributed by atoms with Gasteiger partial charge in [-0.1, -0.05) is 6.92 Å². The summed E-state index contributed by atoms with van der Waals surface area (Å²) in [6.45, 7) is 6.83. The van der Waals surface area contributed by atoms with Crippen LogP contribution in [0.3, 0.4) is 0 Å². The van der Waals surface area contributed by atoms with E-state index >= 15 is 0 Å². The normalized spacial score (nSPS) is 29.6. The number of carbonyl (C=O) groups is 3. The number of carboxylic acids is 1. The van der Waals surface area contributed by atoms with Crippen molar-refractivity contribution in [3.8, 4) is 0 Å². The van der Waals surface area contributed by atoms with Gasteiger partial charge in [-0.2, -0.15) is 0 Å². The van der Waals surface area contributed by atoms with E-state index in [2.05, 4.69) is 24.9 Å². The molecule has 2 amide bonds. The molecule has 3 aliphatic rings. The Hall–Kier alpha value is -1.58. The van der Waals surface area contributed by atoms with E-state index in [-0.39, 0.29) is 23.6 Å². The molecule has 0 aromatic heterocycles. The van der Waals surface area contributed by atoms with Gasteiger partial charge in [0.2, 0.25) is 12.3 Å². The number of aliphatic carboxylic acids is 1. The molecular weight excluding hydrogens is 370 g/mol. The minimum atomic E-state index is -1.14. The summed E-state index contributed by atoms with van der Waals surface area (Å²) in [5.74, 6) is -2.11. The van der Waals surface area contributed by atoms with Gasteiger partial charge < -0.3 is 25.3 Å². The highest BCUT2D eigenvalue weighted by Crippen LogP contribution is 2.47. The molecule has 0 radical (unpaired) electrons. The average molecular weight is 402 g/mol. The van der Waals surface area contributed by atoms with E-state index < -0.39 is 18.0 Å². The Balaban J connectivity index is 0.000000272. The van der Waals surface area contributed by atoms with E-state index in [0.29, 0.717) is 4.91 Å². The Kier molecular flexibility index (Phi) is 8.77. The molecule has 0 aliphatic carbocycles. The molecule has 0 bridgehead atoms. The van der Waals surface area contributed by atoms with Gasteiger partial charge in [-0.15, -0.1) is 12.6 Å². The number of β-lactam (4-membered cyclic amide) rings is 1. The number of rotatable bonds is 3. The Bertz CT molecular complexity index is 588. The minimum Gasteiger partial charge on any atom is -0.477 e. The molecule has 2 fully saturated rings. The van der Waals surface area contributed by atoms with Crippen LogP contribution in [0.1, 0.15) is 33.6 Å². The topological polar surface area (TPSA) is 110 Å². The number of aliphatic hydroxyl groups excluding tert-OH is 1. The molecule has 4 unspecified atom stereocenters. The third-order valence-corrected chi connectivity index (χ3v) is 5.47. The number of nitrogens with zero attached hydrogens (tertiary/aromatic N) is 2. The molecule has 3 N–H and O–H groups in total. The lowest BCUT2D eigenvalue weighted by Crippen LogP contribution is -2.63. The van der Waals surface area contributed by atoms with Crippen LogP contribution in [-0.2, 0) is 14.4 Å². The van der Waals surface area contributed by atoms with Crippen LogP contribution in [0.25, 0.3) is 0 Å². The second-order valence-electron chi connectivity index (χ2n) is 7.36. The highest BCUT2D eigenvalue weighted by atomic mass is 32.1. The van der Waals surface area contributed by atoms with E-state index in [1.54, 1.807) is 21.0 Å². The molecule has 154 valence electrons. The maximum Gasteiger partial charge on any atom is 0.353 e. The standard InChI is InChI=1S/C10H13NO4S.C5H11N.C3H7NO/c1-3-6-5(4(2)12)9(13)11(6)7(8(3)16)10(14)15;1-5-3-2-4-6-5;1-4(2)3-5/h3-6,12,16H,1-2H3,(H,14,15);5-6H,2-4H2,1H3;3H,1-2H3/t;5-;/m.1./s1. The molecule has 2 saturated heterocycles. The lowest BCUT2D eigenvalue weighted by atomic mass is 9.79. The van der Waals surface area contributed by atoms with Crippen molar-refractivity contribution in [3.05, 3.63) is 10.6 Å². The lowest BCUT2D eigenvalue weighted by molar-refractivity contribution is -0.163. The van der Waals surface area contributed by atoms with Gasteiger partial charge in [0.25, 0.3) is 0 Å². The molecular formula is C18H31N3O5S. The summed E-state index contributed by atoms with van der Waals surface area (Å²) >= 11 is 4.15. The van der Waals surface area contributed by atoms with Gasteiger partial charge in [0.1, 0.15) is 5.70 Å². The van der Waals surface area contributed by atoms with Crippen LogP contribution >= 0.6 is 12.6 Å². The fourth-order valence-corrected chi connectivity index (χ4v) is 3.75. The maximum absolute atomic E-state index is 11.7. The first-order valence-corrected chi connectivity index (χ1v) is 9.51. The van der Waals surface area contributed by atoms with E-state index in [0.717, 1.165) is 12.5 Å². The van der Waals surface area contributed by atoms with Crippen LogP contribution in [0.2, 0.25) is 0 Å². The Morgan fingerprint density at radius 3 is 2.26 bits per heavy atom. The average Bonchev–Trinajstić information content (AvgIpc) is 3.14. The van der Waals surface area contributed by atoms with Gasteiger partial charge in [-0.05, 0) is 33.2 Å². The summed E-state index contributed by atoms with van der Waals surface area (Å²) in [6.07, 6.45) is 2.74. The number of aliphatic hydroxyl groups is 1. The largest absolute Gasteiger partial charge is 0.477 e. The van der Waals surface area contributed by atoms with Gasteiger partial charge in [0.15, 0.2) is 0 Å². The first-order chi connectivity index (χ1) is 12.5. The molecule has 0 aromatic carbocycles. The highest BCUT2D eigenvalue weighted by Gasteiger charge is 2.59. The lowest BCUT2D eigenvalue weighted by Gasteiger charge is -2.46. The van der Waals surface area contributed by atoms with Crippen LogP contribution in [-0.4, -0.2) is 77.1 Å². The van der Waals surface area contributed by atoms with E-state index in [1.807, 2.05) is 6.92 Å². The van der Waals surface area contributed by atoms with Crippen molar-refractivity contribution in [1.29, 1.82) is 0 Å². The molecule has 3 heterocycles. The summed E-state index contributed by atoms with van der Waals surface area (Å²) in [6, 6.07) is 0.538. The molecule has 27 heavy (non-hydrogen) atoms. The summed E-state index contributed by atoms with van der Waals surface area (Å²) < 4.78 is 0. The highest BCUT2D eigenvalue weighted by molar-refractivity contribution is 7.84. The number of hydrogen-bond acceptors (Lipinski definition) is 6. The number of nitrogens with one attached hydrogen (secondary N) is 1. The van der Waals surface area contributed by atoms with Gasteiger partial charge in [-0.3, -0.25) is 9.59 Å². The number of carbonyl (C=O) groups excluding carboxylic acids is 2. The Labute approximate surface area is 166 Å². The van der Waals surface area contributed by atoms with Crippen LogP contribution in [0.4, 0.5) is 0 Å². The number of thiol groups is 1. The smallest absolute Gasteiger partial charge is 0.353 e. The first-order valence-electron chi connectivity index (χ1n) is 9.07. The zero-order valence-corrected chi connectivity index (χ0v) is 17.4. The van der Waals surface area contributed by atoms with Crippen LogP contribution in [0.15, 0.2) is 10.6 Å². The fraction of sp³-hybridized carbons (Fsp3) is 0.722. The molecule has 0 saturated carbocycles. The van der Waals surface area contributed by atoms with Gasteiger partial charge in [-0.25, -0.2) is 4.79 Å². The van der Waals surface area contributed by atoms with Crippen LogP contribution in [0.5, 0.6) is 0 Å². The van der Waals surface area contributed by atoms with E-state index in [9.17, 15) is 19.5 Å². The summed E-state index contributed by atoms with van der Waals surface area (Å²) in [5.41, 5.74) is -0.0391. The SMILES string of the molecule is CC(O)C1C(=O)N2C(C(=O)O)=C(S)C(C)C12.CN(C)C=O.C[C@@H]1CCCN1. The molecule has 0 aromatic rings. The molecule has 3 rings (SSSR count). The monoisotopic (exact) mass is 401 g/mol. The van der Waals surface area contributed by atoms with E-state index in [4.69, 9.17) is 5.11 Å². The predicted molar refractivity (Wildman–Crippen MR) is 105 cm³/mol. The van der Waals surface area contributed by atoms with Gasteiger partial charge in [0.05, 0.1) is 18.1 Å². The zero-order valence-electron chi connectivity index (χ0n) is 16.5. The van der Waals surface area contributed by atoms with E-state index in [1.165, 1.54) is 29.2 Å². The maximum atomic E-state index is 11.7. The zero-order chi connectivity index (χ0) is 20.9. The second kappa shape index (κ2) is 10.1. The summed E-state index contributed by atoms with van der Waals surface area (Å²) in [7, 11) is 3.38. The number of fused-ring (bicyclic) bond motifs is 1. The predicted octanol–water partition coefficient (Wildman–Crippen LogP) is 0.533. The van der Waals surface area contributed by atoms with Crippen molar-refractivity contribution >= 4 is 30.9 Å². The van der Waals surface area contributed by atoms with Gasteiger partial charge >= 0.3 is 5.97 Å². The molecule has 8 nitrogen and oxygen atoms in total. The van der Waals surface area contributed by atoms with Gasteiger partial charge in [0, 0.05) is 31.0 Å². The molecule has 3 aliphatic heterocycles. The quantitative estimate of drug-likeness (QED) is 0.312. The van der Waals surface area contributed by atoms with Crippen LogP contribution < -0.4 is 5.32 Å². The number of amides is 2. The Morgan fingerprint density at radius 2 is 1.96 bits per heavy atom. The second-order valence-corrected chi connectivity index (χ2v) is 7.84. The van der Waals surface area contributed by atoms with Crippen molar-refractivity contribution in [3.63, 3.8) is 0 Å². The van der Waals surface area contributed by atoms with Crippen LogP contribution in [0, 0.1) is 11.8 Å². The molecule has 9 heteroatoms. The third kappa shape index (κ3) is 5.46. The summed E-state index contributed by atoms with van der Waals surface area (Å²) in [5, 5.41) is 21.8. The van der Waals surface area contributed by atoms with Crippen molar-refractivity contribution in [2.45, 2.75) is 51.8 Å². The van der Waals surface area contributed by atoms with Crippen molar-refractivity contribution < 1.29 is 24.6 Å². The summed E-state index contributed by atoms with van der Waals surface area (Å²) in [4.78, 5) is 35.3. The number of carboxylic acid groups (broad SMARTS) is 1. The van der Waals surface area contributed by atoms with Crippen molar-refractivity contribution in [2.24, 2.45) is 11.8 Å².